The maximum Gasteiger partial charge on any atom is 0.257 e. The van der Waals surface area contributed by atoms with Crippen LogP contribution in [0.2, 0.25) is 15.1 Å². The number of carbonyl (C=O) groups is 1. The van der Waals surface area contributed by atoms with Gasteiger partial charge in [-0.2, -0.15) is 0 Å². The monoisotopic (exact) mass is 405 g/mol. The molecular formula is C16H14Cl3NO3S. The lowest BCUT2D eigenvalue weighted by molar-refractivity contribution is 0.102. The van der Waals surface area contributed by atoms with Gasteiger partial charge in [-0.05, 0) is 30.7 Å². The Morgan fingerprint density at radius 2 is 1.67 bits per heavy atom. The van der Waals surface area contributed by atoms with Crippen molar-refractivity contribution in [3.05, 3.63) is 57.0 Å². The lowest BCUT2D eigenvalue weighted by atomic mass is 10.2. The number of hydrogen-bond donors (Lipinski definition) is 1. The van der Waals surface area contributed by atoms with Crippen LogP contribution in [0.3, 0.4) is 0 Å². The fraction of sp³-hybridized carbons (Fsp3) is 0.188. The highest BCUT2D eigenvalue weighted by Gasteiger charge is 2.22. The van der Waals surface area contributed by atoms with E-state index in [1.807, 2.05) is 0 Å². The molecule has 0 saturated carbocycles. The van der Waals surface area contributed by atoms with Crippen molar-refractivity contribution in [3.63, 3.8) is 0 Å². The van der Waals surface area contributed by atoms with Crippen LogP contribution in [-0.2, 0) is 9.84 Å². The summed E-state index contributed by atoms with van der Waals surface area (Å²) in [5.41, 5.74) is 0.298. The van der Waals surface area contributed by atoms with Gasteiger partial charge in [0.15, 0.2) is 9.84 Å². The van der Waals surface area contributed by atoms with Gasteiger partial charge in [0.25, 0.3) is 5.91 Å². The SMILES string of the molecule is CCCS(=O)(=O)c1ccccc1C(=O)Nc1cc(Cl)c(Cl)cc1Cl. The molecule has 2 aromatic carbocycles. The van der Waals surface area contributed by atoms with Gasteiger partial charge in [-0.3, -0.25) is 4.79 Å². The quantitative estimate of drug-likeness (QED) is 0.704. The molecule has 24 heavy (non-hydrogen) atoms. The van der Waals surface area contributed by atoms with E-state index in [4.69, 9.17) is 34.8 Å². The Balaban J connectivity index is 2.40. The van der Waals surface area contributed by atoms with E-state index in [1.165, 1.54) is 24.3 Å². The van der Waals surface area contributed by atoms with Crippen LogP contribution >= 0.6 is 34.8 Å². The third kappa shape index (κ3) is 4.22. The summed E-state index contributed by atoms with van der Waals surface area (Å²) in [6, 6.07) is 8.84. The lowest BCUT2D eigenvalue weighted by Crippen LogP contribution is -2.18. The van der Waals surface area contributed by atoms with Crippen molar-refractivity contribution in [2.45, 2.75) is 18.2 Å². The van der Waals surface area contributed by atoms with Crippen molar-refractivity contribution in [1.29, 1.82) is 0 Å². The van der Waals surface area contributed by atoms with Crippen LogP contribution in [0, 0.1) is 0 Å². The molecule has 0 unspecified atom stereocenters. The molecule has 0 saturated heterocycles. The molecule has 0 atom stereocenters. The zero-order chi connectivity index (χ0) is 17.9. The third-order valence-electron chi connectivity index (χ3n) is 3.20. The van der Waals surface area contributed by atoms with Gasteiger partial charge < -0.3 is 5.32 Å². The maximum absolute atomic E-state index is 12.5. The first-order valence-electron chi connectivity index (χ1n) is 7.04. The van der Waals surface area contributed by atoms with Gasteiger partial charge >= 0.3 is 0 Å². The van der Waals surface area contributed by atoms with Gasteiger partial charge in [0, 0.05) is 0 Å². The molecule has 2 aromatic rings. The van der Waals surface area contributed by atoms with Crippen molar-refractivity contribution in [2.75, 3.05) is 11.1 Å². The summed E-state index contributed by atoms with van der Waals surface area (Å²) >= 11 is 17.8. The molecule has 0 aliphatic rings. The molecule has 1 amide bonds. The Bertz CT molecular complexity index is 882. The number of halogens is 3. The average Bonchev–Trinajstić information content (AvgIpc) is 2.52. The van der Waals surface area contributed by atoms with Gasteiger partial charge in [0.05, 0.1) is 37.0 Å². The highest BCUT2D eigenvalue weighted by atomic mass is 35.5. The van der Waals surface area contributed by atoms with Crippen molar-refractivity contribution in [3.8, 4) is 0 Å². The summed E-state index contributed by atoms with van der Waals surface area (Å²) in [6.07, 6.45) is 0.455. The van der Waals surface area contributed by atoms with E-state index in [1.54, 1.807) is 19.1 Å². The topological polar surface area (TPSA) is 63.2 Å². The van der Waals surface area contributed by atoms with Gasteiger partial charge in [-0.25, -0.2) is 8.42 Å². The van der Waals surface area contributed by atoms with E-state index in [2.05, 4.69) is 5.32 Å². The van der Waals surface area contributed by atoms with Crippen LogP contribution in [0.15, 0.2) is 41.3 Å². The molecule has 0 fully saturated rings. The minimum absolute atomic E-state index is 0.0134. The molecule has 8 heteroatoms. The number of sulfone groups is 1. The first kappa shape index (κ1) is 19.1. The second-order valence-corrected chi connectivity index (χ2v) is 8.31. The minimum atomic E-state index is -3.54. The van der Waals surface area contributed by atoms with E-state index in [0.717, 1.165) is 0 Å². The lowest BCUT2D eigenvalue weighted by Gasteiger charge is -2.12. The normalized spacial score (nSPS) is 11.3. The highest BCUT2D eigenvalue weighted by Crippen LogP contribution is 2.32. The summed E-state index contributed by atoms with van der Waals surface area (Å²) in [7, 11) is -3.54. The molecule has 0 bridgehead atoms. The second kappa shape index (κ2) is 7.74. The van der Waals surface area contributed by atoms with Gasteiger partial charge in [-0.15, -0.1) is 0 Å². The summed E-state index contributed by atoms with van der Waals surface area (Å²) in [5.74, 6) is -0.629. The second-order valence-electron chi connectivity index (χ2n) is 5.02. The molecule has 0 spiro atoms. The summed E-state index contributed by atoms with van der Waals surface area (Å²) in [5, 5.41) is 3.25. The van der Waals surface area contributed by atoms with Crippen LogP contribution in [0.1, 0.15) is 23.7 Å². The molecular weight excluding hydrogens is 393 g/mol. The summed E-state index contributed by atoms with van der Waals surface area (Å²) in [4.78, 5) is 12.5. The molecule has 128 valence electrons. The zero-order valence-corrected chi connectivity index (χ0v) is 15.7. The van der Waals surface area contributed by atoms with Crippen molar-refractivity contribution < 1.29 is 13.2 Å². The number of carbonyl (C=O) groups excluding carboxylic acids is 1. The van der Waals surface area contributed by atoms with Crippen LogP contribution < -0.4 is 5.32 Å². The first-order chi connectivity index (χ1) is 11.3. The number of rotatable bonds is 5. The largest absolute Gasteiger partial charge is 0.321 e. The molecule has 2 rings (SSSR count). The standard InChI is InChI=1S/C16H14Cl3NO3S/c1-2-7-24(22,23)15-6-4-3-5-10(15)16(21)20-14-9-12(18)11(17)8-13(14)19/h3-6,8-9H,2,7H2,1H3,(H,20,21). The number of anilines is 1. The van der Waals surface area contributed by atoms with E-state index >= 15 is 0 Å². The first-order valence-corrected chi connectivity index (χ1v) is 9.82. The number of amides is 1. The Morgan fingerprint density at radius 3 is 2.33 bits per heavy atom. The van der Waals surface area contributed by atoms with Crippen molar-refractivity contribution in [1.82, 2.24) is 0 Å². The Kier molecular flexibility index (Phi) is 6.15. The molecule has 0 aromatic heterocycles. The smallest absolute Gasteiger partial charge is 0.257 e. The summed E-state index contributed by atoms with van der Waals surface area (Å²) < 4.78 is 24.7. The Labute approximate surface area is 155 Å². The zero-order valence-electron chi connectivity index (χ0n) is 12.6. The average molecular weight is 407 g/mol. The Hall–Kier alpha value is -1.27. The van der Waals surface area contributed by atoms with Crippen LogP contribution in [0.4, 0.5) is 5.69 Å². The van der Waals surface area contributed by atoms with E-state index < -0.39 is 15.7 Å². The van der Waals surface area contributed by atoms with E-state index in [9.17, 15) is 13.2 Å². The third-order valence-corrected chi connectivity index (χ3v) is 6.20. The van der Waals surface area contributed by atoms with Crippen molar-refractivity contribution >= 4 is 56.2 Å². The fourth-order valence-electron chi connectivity index (χ4n) is 2.11. The minimum Gasteiger partial charge on any atom is -0.321 e. The van der Waals surface area contributed by atoms with Crippen LogP contribution in [0.25, 0.3) is 0 Å². The van der Waals surface area contributed by atoms with Gasteiger partial charge in [0.2, 0.25) is 0 Å². The Morgan fingerprint density at radius 1 is 1.04 bits per heavy atom. The van der Waals surface area contributed by atoms with E-state index in [-0.39, 0.29) is 37.0 Å². The molecule has 0 heterocycles. The van der Waals surface area contributed by atoms with Gasteiger partial charge in [0.1, 0.15) is 0 Å². The number of nitrogens with one attached hydrogen (secondary N) is 1. The van der Waals surface area contributed by atoms with Crippen LogP contribution in [-0.4, -0.2) is 20.1 Å². The predicted octanol–water partition coefficient (Wildman–Crippen LogP) is 5.08. The van der Waals surface area contributed by atoms with E-state index in [0.29, 0.717) is 6.42 Å². The predicted molar refractivity (Wildman–Crippen MR) is 98.2 cm³/mol. The maximum atomic E-state index is 12.5. The van der Waals surface area contributed by atoms with Gasteiger partial charge in [-0.1, -0.05) is 53.9 Å². The molecule has 0 radical (unpaired) electrons. The van der Waals surface area contributed by atoms with Crippen LogP contribution in [0.5, 0.6) is 0 Å². The molecule has 0 aliphatic heterocycles. The highest BCUT2D eigenvalue weighted by molar-refractivity contribution is 7.91. The molecule has 4 nitrogen and oxygen atoms in total. The summed E-state index contributed by atoms with van der Waals surface area (Å²) in [6.45, 7) is 1.76. The fourth-order valence-corrected chi connectivity index (χ4v) is 4.25. The number of benzene rings is 2. The molecule has 1 N–H and O–H groups in total. The van der Waals surface area contributed by atoms with Crippen molar-refractivity contribution in [2.24, 2.45) is 0 Å². The molecule has 0 aliphatic carbocycles. The number of hydrogen-bond acceptors (Lipinski definition) is 3.